The van der Waals surface area contributed by atoms with Crippen molar-refractivity contribution in [3.05, 3.63) is 65.5 Å². The van der Waals surface area contributed by atoms with E-state index >= 15 is 0 Å². The summed E-state index contributed by atoms with van der Waals surface area (Å²) in [5.74, 6) is -0.199. The molecule has 0 heterocycles. The van der Waals surface area contributed by atoms with Crippen LogP contribution in [0.2, 0.25) is 0 Å². The minimum atomic E-state index is -0.213. The van der Waals surface area contributed by atoms with E-state index in [0.717, 1.165) is 11.3 Å². The van der Waals surface area contributed by atoms with Crippen LogP contribution < -0.4 is 10.6 Å². The number of nitrogens with one attached hydrogen (secondary N) is 2. The summed E-state index contributed by atoms with van der Waals surface area (Å²) < 4.78 is 13.8. The lowest BCUT2D eigenvalue weighted by Crippen LogP contribution is -2.31. The van der Waals surface area contributed by atoms with Crippen LogP contribution >= 0.6 is 0 Å². The summed E-state index contributed by atoms with van der Waals surface area (Å²) in [6, 6.07) is 14.4. The van der Waals surface area contributed by atoms with Crippen molar-refractivity contribution < 1.29 is 9.18 Å². The van der Waals surface area contributed by atoms with Gasteiger partial charge in [0.25, 0.3) is 0 Å². The third kappa shape index (κ3) is 5.09. The van der Waals surface area contributed by atoms with Gasteiger partial charge >= 0.3 is 0 Å². The van der Waals surface area contributed by atoms with E-state index in [1.807, 2.05) is 51.1 Å². The van der Waals surface area contributed by atoms with E-state index in [1.54, 1.807) is 12.1 Å². The summed E-state index contributed by atoms with van der Waals surface area (Å²) in [6.45, 7) is 5.80. The lowest BCUT2D eigenvalue weighted by molar-refractivity contribution is -0.120. The van der Waals surface area contributed by atoms with E-state index in [4.69, 9.17) is 0 Å². The van der Waals surface area contributed by atoms with Gasteiger partial charge in [-0.3, -0.25) is 4.79 Å². The first kappa shape index (κ1) is 17.0. The van der Waals surface area contributed by atoms with Crippen molar-refractivity contribution >= 4 is 11.6 Å². The summed E-state index contributed by atoms with van der Waals surface area (Å²) >= 11 is 0. The second-order valence-electron chi connectivity index (χ2n) is 5.98. The Hall–Kier alpha value is -2.36. The van der Waals surface area contributed by atoms with Crippen LogP contribution in [0.4, 0.5) is 10.1 Å². The second-order valence-corrected chi connectivity index (χ2v) is 5.98. The molecule has 1 unspecified atom stereocenters. The molecule has 0 fully saturated rings. The van der Waals surface area contributed by atoms with Crippen LogP contribution in [0.1, 0.15) is 37.9 Å². The summed E-state index contributed by atoms with van der Waals surface area (Å²) in [4.78, 5) is 11.7. The van der Waals surface area contributed by atoms with E-state index < -0.39 is 0 Å². The molecule has 4 heteroatoms. The quantitative estimate of drug-likeness (QED) is 0.844. The topological polar surface area (TPSA) is 41.1 Å². The maximum absolute atomic E-state index is 13.8. The van der Waals surface area contributed by atoms with Crippen LogP contribution in [0.3, 0.4) is 0 Å². The van der Waals surface area contributed by atoms with Gasteiger partial charge in [0.1, 0.15) is 5.82 Å². The molecular weight excluding hydrogens is 291 g/mol. The third-order valence-corrected chi connectivity index (χ3v) is 3.52. The Morgan fingerprint density at radius 3 is 2.30 bits per heavy atom. The molecule has 2 N–H and O–H groups in total. The average molecular weight is 314 g/mol. The number of carbonyl (C=O) groups excluding carboxylic acids is 1. The monoisotopic (exact) mass is 314 g/mol. The lowest BCUT2D eigenvalue weighted by Gasteiger charge is -2.16. The first-order valence-electron chi connectivity index (χ1n) is 7.85. The van der Waals surface area contributed by atoms with Crippen molar-refractivity contribution in [2.75, 3.05) is 5.32 Å². The van der Waals surface area contributed by atoms with Crippen molar-refractivity contribution in [3.63, 3.8) is 0 Å². The maximum Gasteiger partial charge on any atom is 0.224 e. The largest absolute Gasteiger partial charge is 0.378 e. The summed E-state index contributed by atoms with van der Waals surface area (Å²) in [6.07, 6.45) is 0.362. The van der Waals surface area contributed by atoms with Crippen LogP contribution in [0, 0.1) is 5.82 Å². The van der Waals surface area contributed by atoms with Gasteiger partial charge < -0.3 is 10.6 Å². The number of carbonyl (C=O) groups is 1. The molecule has 3 nitrogen and oxygen atoms in total. The zero-order valence-corrected chi connectivity index (χ0v) is 13.8. The number of benzene rings is 2. The predicted octanol–water partition coefficient (Wildman–Crippen LogP) is 4.07. The third-order valence-electron chi connectivity index (χ3n) is 3.52. The molecular formula is C19H23FN2O. The van der Waals surface area contributed by atoms with Crippen LogP contribution in [0.15, 0.2) is 48.5 Å². The highest BCUT2D eigenvalue weighted by molar-refractivity contribution is 5.78. The van der Waals surface area contributed by atoms with Gasteiger partial charge in [-0.1, -0.05) is 30.3 Å². The van der Waals surface area contributed by atoms with Gasteiger partial charge in [-0.15, -0.1) is 0 Å². The smallest absolute Gasteiger partial charge is 0.224 e. The van der Waals surface area contributed by atoms with Crippen molar-refractivity contribution in [2.24, 2.45) is 0 Å². The standard InChI is InChI=1S/C19H23FN2O/c1-13(2)21-19(23)12-15-8-10-16(11-9-15)22-14(3)17-6-4-5-7-18(17)20/h4-11,13-14,22H,12H2,1-3H3,(H,21,23). The maximum atomic E-state index is 13.8. The molecule has 23 heavy (non-hydrogen) atoms. The summed E-state index contributed by atoms with van der Waals surface area (Å²) in [5, 5.41) is 6.14. The molecule has 0 bridgehead atoms. The Morgan fingerprint density at radius 2 is 1.70 bits per heavy atom. The molecule has 1 amide bonds. The SMILES string of the molecule is CC(C)NC(=O)Cc1ccc(NC(C)c2ccccc2F)cc1. The number of halogens is 1. The van der Waals surface area contributed by atoms with Gasteiger partial charge in [0, 0.05) is 17.3 Å². The van der Waals surface area contributed by atoms with Gasteiger partial charge in [0.15, 0.2) is 0 Å². The van der Waals surface area contributed by atoms with Crippen molar-refractivity contribution in [1.82, 2.24) is 5.32 Å². The van der Waals surface area contributed by atoms with E-state index in [2.05, 4.69) is 10.6 Å². The molecule has 0 saturated carbocycles. The van der Waals surface area contributed by atoms with Crippen LogP contribution in [0.5, 0.6) is 0 Å². The van der Waals surface area contributed by atoms with Gasteiger partial charge in [-0.2, -0.15) is 0 Å². The van der Waals surface area contributed by atoms with E-state index in [1.165, 1.54) is 6.07 Å². The van der Waals surface area contributed by atoms with Gasteiger partial charge in [-0.05, 0) is 44.5 Å². The summed E-state index contributed by atoms with van der Waals surface area (Å²) in [7, 11) is 0. The van der Waals surface area contributed by atoms with Crippen LogP contribution in [-0.2, 0) is 11.2 Å². The molecule has 0 radical (unpaired) electrons. The van der Waals surface area contributed by atoms with Gasteiger partial charge in [-0.25, -0.2) is 4.39 Å². The second kappa shape index (κ2) is 7.77. The van der Waals surface area contributed by atoms with Crippen molar-refractivity contribution in [3.8, 4) is 0 Å². The average Bonchev–Trinajstić information content (AvgIpc) is 2.48. The fraction of sp³-hybridized carbons (Fsp3) is 0.316. The number of amides is 1. The Kier molecular flexibility index (Phi) is 5.74. The number of hydrogen-bond acceptors (Lipinski definition) is 2. The van der Waals surface area contributed by atoms with Gasteiger partial charge in [0.2, 0.25) is 5.91 Å². The summed E-state index contributed by atoms with van der Waals surface area (Å²) in [5.41, 5.74) is 2.48. The zero-order chi connectivity index (χ0) is 16.8. The Bertz CT molecular complexity index is 653. The molecule has 2 aromatic carbocycles. The molecule has 0 spiro atoms. The molecule has 1 atom stereocenters. The molecule has 0 aliphatic carbocycles. The number of anilines is 1. The highest BCUT2D eigenvalue weighted by atomic mass is 19.1. The minimum Gasteiger partial charge on any atom is -0.378 e. The molecule has 122 valence electrons. The Morgan fingerprint density at radius 1 is 1.04 bits per heavy atom. The molecule has 0 aliphatic heterocycles. The Balaban J connectivity index is 1.97. The first-order chi connectivity index (χ1) is 11.0. The lowest BCUT2D eigenvalue weighted by atomic mass is 10.1. The highest BCUT2D eigenvalue weighted by Crippen LogP contribution is 2.21. The van der Waals surface area contributed by atoms with Crippen LogP contribution in [-0.4, -0.2) is 11.9 Å². The molecule has 0 aromatic heterocycles. The highest BCUT2D eigenvalue weighted by Gasteiger charge is 2.10. The molecule has 2 aromatic rings. The first-order valence-corrected chi connectivity index (χ1v) is 7.85. The fourth-order valence-corrected chi connectivity index (χ4v) is 2.43. The zero-order valence-electron chi connectivity index (χ0n) is 13.8. The molecule has 0 saturated heterocycles. The Labute approximate surface area is 136 Å². The van der Waals surface area contributed by atoms with E-state index in [-0.39, 0.29) is 23.8 Å². The fourth-order valence-electron chi connectivity index (χ4n) is 2.43. The van der Waals surface area contributed by atoms with E-state index in [0.29, 0.717) is 12.0 Å². The predicted molar refractivity (Wildman–Crippen MR) is 91.9 cm³/mol. The van der Waals surface area contributed by atoms with E-state index in [9.17, 15) is 9.18 Å². The normalized spacial score (nSPS) is 12.0. The van der Waals surface area contributed by atoms with Gasteiger partial charge in [0.05, 0.1) is 12.5 Å². The number of hydrogen-bond donors (Lipinski definition) is 2. The number of rotatable bonds is 6. The van der Waals surface area contributed by atoms with Crippen molar-refractivity contribution in [1.29, 1.82) is 0 Å². The molecule has 0 aliphatic rings. The van der Waals surface area contributed by atoms with Crippen molar-refractivity contribution in [2.45, 2.75) is 39.3 Å². The van der Waals surface area contributed by atoms with Crippen LogP contribution in [0.25, 0.3) is 0 Å². The molecule has 2 rings (SSSR count). The minimum absolute atomic E-state index is 0.0143.